The molecule has 0 atom stereocenters. The summed E-state index contributed by atoms with van der Waals surface area (Å²) in [7, 11) is 0. The van der Waals surface area contributed by atoms with Crippen LogP contribution in [0, 0.1) is 6.92 Å². The van der Waals surface area contributed by atoms with Crippen molar-refractivity contribution in [3.63, 3.8) is 0 Å². The van der Waals surface area contributed by atoms with Gasteiger partial charge in [0, 0.05) is 16.3 Å². The van der Waals surface area contributed by atoms with E-state index in [2.05, 4.69) is 15.5 Å². The van der Waals surface area contributed by atoms with E-state index >= 15 is 0 Å². The Labute approximate surface area is 121 Å². The fourth-order valence-electron chi connectivity index (χ4n) is 2.01. The fraction of sp³-hybridized carbons (Fsp3) is 0.0714. The summed E-state index contributed by atoms with van der Waals surface area (Å²) in [6.07, 6.45) is 0. The molecule has 0 amide bonds. The van der Waals surface area contributed by atoms with Crippen LogP contribution in [0.3, 0.4) is 0 Å². The van der Waals surface area contributed by atoms with E-state index in [1.807, 2.05) is 31.2 Å². The molecule has 0 bridgehead atoms. The molecule has 3 rings (SSSR count). The first-order valence-corrected chi connectivity index (χ1v) is 6.44. The largest absolute Gasteiger partial charge is 0.398 e. The van der Waals surface area contributed by atoms with Crippen LogP contribution in [-0.2, 0) is 0 Å². The molecule has 0 spiro atoms. The molecule has 0 saturated carbocycles. The zero-order chi connectivity index (χ0) is 14.1. The fourth-order valence-corrected chi connectivity index (χ4v) is 2.18. The number of anilines is 1. The first kappa shape index (κ1) is 12.6. The summed E-state index contributed by atoms with van der Waals surface area (Å²) in [5.41, 5.74) is 9.29. The monoisotopic (exact) mass is 285 g/mol. The van der Waals surface area contributed by atoms with Crippen LogP contribution >= 0.6 is 11.6 Å². The molecule has 6 heteroatoms. The van der Waals surface area contributed by atoms with Gasteiger partial charge in [0.2, 0.25) is 0 Å². The van der Waals surface area contributed by atoms with Crippen molar-refractivity contribution < 1.29 is 0 Å². The van der Waals surface area contributed by atoms with Crippen LogP contribution in [-0.4, -0.2) is 20.2 Å². The molecule has 0 aliphatic rings. The van der Waals surface area contributed by atoms with Crippen LogP contribution in [0.5, 0.6) is 0 Å². The van der Waals surface area contributed by atoms with Gasteiger partial charge in [-0.25, -0.2) is 0 Å². The van der Waals surface area contributed by atoms with Crippen molar-refractivity contribution in [3.8, 4) is 17.1 Å². The SMILES string of the molecule is Cc1cccc(-n2nnnc2-c2cc(Cl)ccc2N)c1. The van der Waals surface area contributed by atoms with Gasteiger partial charge in [0.25, 0.3) is 0 Å². The number of hydrogen-bond acceptors (Lipinski definition) is 4. The molecule has 2 aromatic carbocycles. The number of tetrazole rings is 1. The molecular weight excluding hydrogens is 274 g/mol. The summed E-state index contributed by atoms with van der Waals surface area (Å²) in [5, 5.41) is 12.4. The van der Waals surface area contributed by atoms with Gasteiger partial charge in [-0.05, 0) is 53.2 Å². The number of nitrogens with two attached hydrogens (primary N) is 1. The minimum atomic E-state index is 0.565. The lowest BCUT2D eigenvalue weighted by Crippen LogP contribution is -2.02. The van der Waals surface area contributed by atoms with Crippen LogP contribution in [0.1, 0.15) is 5.56 Å². The molecule has 1 heterocycles. The number of aryl methyl sites for hydroxylation is 1. The summed E-state index contributed by atoms with van der Waals surface area (Å²) >= 11 is 6.02. The van der Waals surface area contributed by atoms with Gasteiger partial charge in [-0.15, -0.1) is 5.10 Å². The highest BCUT2D eigenvalue weighted by atomic mass is 35.5. The quantitative estimate of drug-likeness (QED) is 0.735. The molecule has 0 fully saturated rings. The molecule has 0 aliphatic carbocycles. The number of benzene rings is 2. The second-order valence-electron chi connectivity index (χ2n) is 4.48. The Morgan fingerprint density at radius 1 is 1.15 bits per heavy atom. The summed E-state index contributed by atoms with van der Waals surface area (Å²) in [5.74, 6) is 0.565. The maximum absolute atomic E-state index is 6.02. The zero-order valence-corrected chi connectivity index (χ0v) is 11.5. The highest BCUT2D eigenvalue weighted by Gasteiger charge is 2.14. The van der Waals surface area contributed by atoms with Gasteiger partial charge >= 0.3 is 0 Å². The second kappa shape index (κ2) is 4.94. The van der Waals surface area contributed by atoms with Crippen molar-refractivity contribution in [1.29, 1.82) is 0 Å². The molecule has 0 radical (unpaired) electrons. The molecule has 2 N–H and O–H groups in total. The standard InChI is InChI=1S/C14H12ClN5/c1-9-3-2-4-11(7-9)20-14(17-18-19-20)12-8-10(15)5-6-13(12)16/h2-8H,16H2,1H3. The Hall–Kier alpha value is -2.40. The lowest BCUT2D eigenvalue weighted by atomic mass is 10.1. The highest BCUT2D eigenvalue weighted by Crippen LogP contribution is 2.28. The van der Waals surface area contributed by atoms with Crippen LogP contribution in [0.4, 0.5) is 5.69 Å². The first-order valence-electron chi connectivity index (χ1n) is 6.06. The molecule has 0 unspecified atom stereocenters. The topological polar surface area (TPSA) is 69.6 Å². The smallest absolute Gasteiger partial charge is 0.189 e. The van der Waals surface area contributed by atoms with Gasteiger partial charge in [0.15, 0.2) is 5.82 Å². The maximum Gasteiger partial charge on any atom is 0.189 e. The van der Waals surface area contributed by atoms with Crippen LogP contribution in [0.2, 0.25) is 5.02 Å². The minimum absolute atomic E-state index is 0.565. The van der Waals surface area contributed by atoms with Gasteiger partial charge in [-0.3, -0.25) is 0 Å². The highest BCUT2D eigenvalue weighted by molar-refractivity contribution is 6.31. The third-order valence-electron chi connectivity index (χ3n) is 2.97. The number of halogens is 1. The average molecular weight is 286 g/mol. The molecule has 3 aromatic rings. The van der Waals surface area contributed by atoms with Crippen molar-refractivity contribution >= 4 is 17.3 Å². The van der Waals surface area contributed by atoms with E-state index in [0.717, 1.165) is 11.3 Å². The number of rotatable bonds is 2. The molecule has 100 valence electrons. The van der Waals surface area contributed by atoms with E-state index in [9.17, 15) is 0 Å². The van der Waals surface area contributed by atoms with E-state index in [1.165, 1.54) is 0 Å². The molecule has 0 aliphatic heterocycles. The van der Waals surface area contributed by atoms with Gasteiger partial charge in [-0.1, -0.05) is 23.7 Å². The van der Waals surface area contributed by atoms with Gasteiger partial charge in [0.1, 0.15) is 0 Å². The van der Waals surface area contributed by atoms with Gasteiger partial charge < -0.3 is 5.73 Å². The van der Waals surface area contributed by atoms with Gasteiger partial charge in [-0.2, -0.15) is 4.68 Å². The molecule has 1 aromatic heterocycles. The van der Waals surface area contributed by atoms with E-state index in [1.54, 1.807) is 22.9 Å². The maximum atomic E-state index is 6.02. The number of nitrogen functional groups attached to an aromatic ring is 1. The summed E-state index contributed by atoms with van der Waals surface area (Å²) in [6, 6.07) is 13.1. The Balaban J connectivity index is 2.18. The Bertz CT molecular complexity index is 766. The van der Waals surface area contributed by atoms with Gasteiger partial charge in [0.05, 0.1) is 5.69 Å². The van der Waals surface area contributed by atoms with Crippen molar-refractivity contribution in [3.05, 3.63) is 53.1 Å². The number of aromatic nitrogens is 4. The molecule has 5 nitrogen and oxygen atoms in total. The predicted molar refractivity (Wildman–Crippen MR) is 78.7 cm³/mol. The van der Waals surface area contributed by atoms with Crippen molar-refractivity contribution in [2.75, 3.05) is 5.73 Å². The van der Waals surface area contributed by atoms with Crippen molar-refractivity contribution in [2.24, 2.45) is 0 Å². The summed E-state index contributed by atoms with van der Waals surface area (Å²) in [4.78, 5) is 0. The summed E-state index contributed by atoms with van der Waals surface area (Å²) < 4.78 is 1.65. The average Bonchev–Trinajstić information content (AvgIpc) is 2.90. The van der Waals surface area contributed by atoms with E-state index in [0.29, 0.717) is 22.1 Å². The predicted octanol–water partition coefficient (Wildman–Crippen LogP) is 2.87. The third kappa shape index (κ3) is 2.23. The van der Waals surface area contributed by atoms with E-state index in [4.69, 9.17) is 17.3 Å². The van der Waals surface area contributed by atoms with Crippen LogP contribution in [0.25, 0.3) is 17.1 Å². The molecule has 0 saturated heterocycles. The zero-order valence-electron chi connectivity index (χ0n) is 10.8. The molecular formula is C14H12ClN5. The Morgan fingerprint density at radius 3 is 2.80 bits per heavy atom. The normalized spacial score (nSPS) is 10.7. The van der Waals surface area contributed by atoms with Crippen molar-refractivity contribution in [1.82, 2.24) is 20.2 Å². The van der Waals surface area contributed by atoms with Crippen LogP contribution in [0.15, 0.2) is 42.5 Å². The van der Waals surface area contributed by atoms with E-state index < -0.39 is 0 Å². The minimum Gasteiger partial charge on any atom is -0.398 e. The molecule has 20 heavy (non-hydrogen) atoms. The number of hydrogen-bond donors (Lipinski definition) is 1. The lowest BCUT2D eigenvalue weighted by molar-refractivity contribution is 0.790. The van der Waals surface area contributed by atoms with Crippen molar-refractivity contribution in [2.45, 2.75) is 6.92 Å². The Morgan fingerprint density at radius 2 is 2.00 bits per heavy atom. The number of nitrogens with zero attached hydrogens (tertiary/aromatic N) is 4. The second-order valence-corrected chi connectivity index (χ2v) is 4.92. The first-order chi connectivity index (χ1) is 9.65. The summed E-state index contributed by atoms with van der Waals surface area (Å²) in [6.45, 7) is 2.02. The van der Waals surface area contributed by atoms with E-state index in [-0.39, 0.29) is 0 Å². The van der Waals surface area contributed by atoms with Crippen LogP contribution < -0.4 is 5.73 Å². The third-order valence-corrected chi connectivity index (χ3v) is 3.21. The lowest BCUT2D eigenvalue weighted by Gasteiger charge is -2.07. The Kier molecular flexibility index (Phi) is 3.12.